The molecule has 7 heteroatoms. The Morgan fingerprint density at radius 3 is 2.80 bits per heavy atom. The SMILES string of the molecule is CC(C)C(O)CNC(=O)c1ccc(-n2cncn2)nc1. The summed E-state index contributed by atoms with van der Waals surface area (Å²) >= 11 is 0. The van der Waals surface area contributed by atoms with E-state index in [0.717, 1.165) is 0 Å². The molecule has 0 bridgehead atoms. The summed E-state index contributed by atoms with van der Waals surface area (Å²) in [4.78, 5) is 19.8. The molecule has 0 spiro atoms. The van der Waals surface area contributed by atoms with Crippen molar-refractivity contribution < 1.29 is 9.90 Å². The van der Waals surface area contributed by atoms with Crippen LogP contribution in [0.5, 0.6) is 0 Å². The Kier molecular flexibility index (Phi) is 4.41. The fourth-order valence-corrected chi connectivity index (χ4v) is 1.52. The minimum Gasteiger partial charge on any atom is -0.391 e. The molecule has 0 aliphatic rings. The zero-order valence-electron chi connectivity index (χ0n) is 11.4. The van der Waals surface area contributed by atoms with Crippen LogP contribution in [0.4, 0.5) is 0 Å². The zero-order valence-corrected chi connectivity index (χ0v) is 11.4. The Labute approximate surface area is 116 Å². The van der Waals surface area contributed by atoms with Crippen LogP contribution in [0.3, 0.4) is 0 Å². The highest BCUT2D eigenvalue weighted by atomic mass is 16.3. The van der Waals surface area contributed by atoms with Gasteiger partial charge in [-0.25, -0.2) is 14.6 Å². The molecule has 2 aromatic rings. The summed E-state index contributed by atoms with van der Waals surface area (Å²) in [5.74, 6) is 0.423. The van der Waals surface area contributed by atoms with Crippen molar-refractivity contribution in [2.24, 2.45) is 5.92 Å². The van der Waals surface area contributed by atoms with Crippen molar-refractivity contribution in [1.29, 1.82) is 0 Å². The van der Waals surface area contributed by atoms with Crippen molar-refractivity contribution in [3.05, 3.63) is 36.5 Å². The molecular weight excluding hydrogens is 258 g/mol. The van der Waals surface area contributed by atoms with Crippen LogP contribution in [-0.4, -0.2) is 43.4 Å². The molecule has 2 rings (SSSR count). The van der Waals surface area contributed by atoms with Crippen LogP contribution in [-0.2, 0) is 0 Å². The van der Waals surface area contributed by atoms with Gasteiger partial charge in [-0.2, -0.15) is 5.10 Å². The zero-order chi connectivity index (χ0) is 14.5. The van der Waals surface area contributed by atoms with Crippen molar-refractivity contribution >= 4 is 5.91 Å². The second-order valence-electron chi connectivity index (χ2n) is 4.77. The number of nitrogens with zero attached hydrogens (tertiary/aromatic N) is 4. The number of hydrogen-bond acceptors (Lipinski definition) is 5. The second kappa shape index (κ2) is 6.25. The summed E-state index contributed by atoms with van der Waals surface area (Å²) < 4.78 is 1.50. The molecule has 106 valence electrons. The first-order valence-corrected chi connectivity index (χ1v) is 6.35. The van der Waals surface area contributed by atoms with Gasteiger partial charge in [0.05, 0.1) is 11.7 Å². The fourth-order valence-electron chi connectivity index (χ4n) is 1.52. The van der Waals surface area contributed by atoms with E-state index in [2.05, 4.69) is 20.4 Å². The lowest BCUT2D eigenvalue weighted by molar-refractivity contribution is 0.0871. The molecule has 1 amide bonds. The number of aromatic nitrogens is 4. The third-order valence-electron chi connectivity index (χ3n) is 2.90. The summed E-state index contributed by atoms with van der Waals surface area (Å²) in [5.41, 5.74) is 0.435. The molecule has 2 heterocycles. The van der Waals surface area contributed by atoms with Crippen molar-refractivity contribution in [3.63, 3.8) is 0 Å². The number of carbonyl (C=O) groups excluding carboxylic acids is 1. The summed E-state index contributed by atoms with van der Waals surface area (Å²) in [5, 5.41) is 16.3. The van der Waals surface area contributed by atoms with Crippen molar-refractivity contribution in [1.82, 2.24) is 25.1 Å². The number of nitrogens with one attached hydrogen (secondary N) is 1. The first kappa shape index (κ1) is 14.1. The molecule has 0 aromatic carbocycles. The highest BCUT2D eigenvalue weighted by molar-refractivity contribution is 5.93. The Morgan fingerprint density at radius 1 is 1.45 bits per heavy atom. The molecule has 0 aliphatic carbocycles. The van der Waals surface area contributed by atoms with Gasteiger partial charge in [0.25, 0.3) is 5.91 Å². The van der Waals surface area contributed by atoms with E-state index in [0.29, 0.717) is 11.4 Å². The highest BCUT2D eigenvalue weighted by Crippen LogP contribution is 2.04. The molecule has 20 heavy (non-hydrogen) atoms. The van der Waals surface area contributed by atoms with Crippen LogP contribution in [0, 0.1) is 5.92 Å². The summed E-state index contributed by atoms with van der Waals surface area (Å²) in [7, 11) is 0. The summed E-state index contributed by atoms with van der Waals surface area (Å²) in [6.45, 7) is 4.01. The Bertz CT molecular complexity index is 551. The third-order valence-corrected chi connectivity index (χ3v) is 2.90. The van der Waals surface area contributed by atoms with Gasteiger partial charge in [-0.15, -0.1) is 0 Å². The van der Waals surface area contributed by atoms with Crippen LogP contribution < -0.4 is 5.32 Å². The van der Waals surface area contributed by atoms with Gasteiger partial charge in [-0.1, -0.05) is 13.8 Å². The van der Waals surface area contributed by atoms with Crippen LogP contribution in [0.25, 0.3) is 5.82 Å². The van der Waals surface area contributed by atoms with E-state index < -0.39 is 6.10 Å². The minimum absolute atomic E-state index is 0.100. The first-order chi connectivity index (χ1) is 9.58. The van der Waals surface area contributed by atoms with Crippen LogP contribution >= 0.6 is 0 Å². The van der Waals surface area contributed by atoms with Crippen LogP contribution in [0.1, 0.15) is 24.2 Å². The summed E-state index contributed by atoms with van der Waals surface area (Å²) in [6.07, 6.45) is 3.85. The standard InChI is InChI=1S/C13H17N5O2/c1-9(2)11(19)6-16-13(20)10-3-4-12(15-5-10)18-8-14-7-17-18/h3-5,7-9,11,19H,6H2,1-2H3,(H,16,20). The van der Waals surface area contributed by atoms with E-state index >= 15 is 0 Å². The van der Waals surface area contributed by atoms with E-state index in [-0.39, 0.29) is 18.4 Å². The predicted octanol–water partition coefficient (Wildman–Crippen LogP) is 0.409. The van der Waals surface area contributed by atoms with Gasteiger partial charge in [0.1, 0.15) is 12.7 Å². The lowest BCUT2D eigenvalue weighted by atomic mass is 10.1. The van der Waals surface area contributed by atoms with Gasteiger partial charge in [0, 0.05) is 12.7 Å². The smallest absolute Gasteiger partial charge is 0.252 e. The largest absolute Gasteiger partial charge is 0.391 e. The molecule has 1 atom stereocenters. The van der Waals surface area contributed by atoms with Crippen molar-refractivity contribution in [2.75, 3.05) is 6.54 Å². The number of carbonyl (C=O) groups is 1. The maximum Gasteiger partial charge on any atom is 0.252 e. The third kappa shape index (κ3) is 3.39. The van der Waals surface area contributed by atoms with E-state index in [1.165, 1.54) is 23.5 Å². The normalized spacial score (nSPS) is 12.4. The Hall–Kier alpha value is -2.28. The predicted molar refractivity (Wildman–Crippen MR) is 72.3 cm³/mol. The summed E-state index contributed by atoms with van der Waals surface area (Å²) in [6, 6.07) is 3.34. The van der Waals surface area contributed by atoms with Crippen LogP contribution in [0.15, 0.2) is 31.0 Å². The Balaban J connectivity index is 1.98. The monoisotopic (exact) mass is 275 g/mol. The number of aliphatic hydroxyl groups excluding tert-OH is 1. The molecule has 2 aromatic heterocycles. The Morgan fingerprint density at radius 2 is 2.25 bits per heavy atom. The first-order valence-electron chi connectivity index (χ1n) is 6.35. The van der Waals surface area contributed by atoms with Gasteiger partial charge >= 0.3 is 0 Å². The average molecular weight is 275 g/mol. The molecule has 7 nitrogen and oxygen atoms in total. The molecule has 0 aliphatic heterocycles. The molecule has 0 saturated carbocycles. The molecule has 0 fully saturated rings. The topological polar surface area (TPSA) is 92.9 Å². The number of aliphatic hydroxyl groups is 1. The van der Waals surface area contributed by atoms with E-state index in [1.54, 1.807) is 12.1 Å². The average Bonchev–Trinajstić information content (AvgIpc) is 2.98. The van der Waals surface area contributed by atoms with E-state index in [4.69, 9.17) is 0 Å². The minimum atomic E-state index is -0.554. The van der Waals surface area contributed by atoms with Gasteiger partial charge in [-0.3, -0.25) is 4.79 Å². The molecule has 0 radical (unpaired) electrons. The molecule has 1 unspecified atom stereocenters. The van der Waals surface area contributed by atoms with Gasteiger partial charge < -0.3 is 10.4 Å². The highest BCUT2D eigenvalue weighted by Gasteiger charge is 2.12. The van der Waals surface area contributed by atoms with Gasteiger partial charge in [0.2, 0.25) is 0 Å². The number of hydrogen-bond donors (Lipinski definition) is 2. The second-order valence-corrected chi connectivity index (χ2v) is 4.77. The quantitative estimate of drug-likeness (QED) is 0.824. The lowest BCUT2D eigenvalue weighted by Crippen LogP contribution is -2.34. The lowest BCUT2D eigenvalue weighted by Gasteiger charge is -2.14. The maximum atomic E-state index is 11.9. The molecule has 0 saturated heterocycles. The molecule has 2 N–H and O–H groups in total. The number of amides is 1. The van der Waals surface area contributed by atoms with Gasteiger partial charge in [0.15, 0.2) is 5.82 Å². The molecular formula is C13H17N5O2. The number of rotatable bonds is 5. The van der Waals surface area contributed by atoms with Crippen molar-refractivity contribution in [3.8, 4) is 5.82 Å². The maximum absolute atomic E-state index is 11.9. The van der Waals surface area contributed by atoms with Crippen molar-refractivity contribution in [2.45, 2.75) is 20.0 Å². The van der Waals surface area contributed by atoms with Gasteiger partial charge in [-0.05, 0) is 18.1 Å². The van der Waals surface area contributed by atoms with E-state index in [1.807, 2.05) is 13.8 Å². The van der Waals surface area contributed by atoms with E-state index in [9.17, 15) is 9.90 Å². The van der Waals surface area contributed by atoms with Crippen LogP contribution in [0.2, 0.25) is 0 Å². The number of pyridine rings is 1. The fraction of sp³-hybridized carbons (Fsp3) is 0.385.